The Labute approximate surface area is 134 Å². The van der Waals surface area contributed by atoms with E-state index in [1.807, 2.05) is 6.92 Å². The van der Waals surface area contributed by atoms with Crippen LogP contribution in [0.2, 0.25) is 0 Å². The second kappa shape index (κ2) is 7.45. The average molecular weight is 314 g/mol. The Balaban J connectivity index is 2.17. The summed E-state index contributed by atoms with van der Waals surface area (Å²) >= 11 is 0. The summed E-state index contributed by atoms with van der Waals surface area (Å²) < 4.78 is 10.4. The highest BCUT2D eigenvalue weighted by Gasteiger charge is 2.19. The Hall–Kier alpha value is -2.82. The molecule has 2 aromatic carbocycles. The zero-order chi connectivity index (χ0) is 16.8. The van der Waals surface area contributed by atoms with Crippen LogP contribution in [0.3, 0.4) is 0 Å². The summed E-state index contributed by atoms with van der Waals surface area (Å²) in [6.45, 7) is 2.28. The van der Waals surface area contributed by atoms with Gasteiger partial charge in [0.25, 0.3) is 0 Å². The van der Waals surface area contributed by atoms with Crippen LogP contribution in [0.1, 0.15) is 34.1 Å². The molecule has 0 radical (unpaired) electrons. The van der Waals surface area contributed by atoms with Gasteiger partial charge >= 0.3 is 0 Å². The van der Waals surface area contributed by atoms with Crippen LogP contribution in [0.15, 0.2) is 42.5 Å². The van der Waals surface area contributed by atoms with Gasteiger partial charge in [0, 0.05) is 6.07 Å². The summed E-state index contributed by atoms with van der Waals surface area (Å²) in [5, 5.41) is 9.94. The van der Waals surface area contributed by atoms with E-state index >= 15 is 0 Å². The molecule has 2 rings (SSSR count). The standard InChI is InChI=1S/C18H18O5/c1-3-23-12-8-9-13(15(19)10-12)16(20)11-17(21)14-6-4-5-7-18(14)22-2/h4-10,19H,3,11H2,1-2H3. The fourth-order valence-corrected chi connectivity index (χ4v) is 2.21. The van der Waals surface area contributed by atoms with Crippen LogP contribution in [0.5, 0.6) is 17.2 Å². The first kappa shape index (κ1) is 16.5. The molecular weight excluding hydrogens is 296 g/mol. The second-order valence-electron chi connectivity index (χ2n) is 4.84. The van der Waals surface area contributed by atoms with Crippen LogP contribution in [0.4, 0.5) is 0 Å². The van der Waals surface area contributed by atoms with Crippen molar-refractivity contribution >= 4 is 11.6 Å². The number of Topliss-reactive ketones (excluding diaryl/α,β-unsaturated/α-hetero) is 2. The molecule has 0 fully saturated rings. The molecule has 0 spiro atoms. The molecule has 0 aliphatic carbocycles. The zero-order valence-corrected chi connectivity index (χ0v) is 13.0. The highest BCUT2D eigenvalue weighted by Crippen LogP contribution is 2.26. The van der Waals surface area contributed by atoms with Crippen LogP contribution in [0, 0.1) is 0 Å². The normalized spacial score (nSPS) is 10.2. The first-order valence-electron chi connectivity index (χ1n) is 7.22. The molecule has 0 unspecified atom stereocenters. The van der Waals surface area contributed by atoms with Crippen molar-refractivity contribution in [2.24, 2.45) is 0 Å². The summed E-state index contributed by atoms with van der Waals surface area (Å²) in [6, 6.07) is 11.1. The second-order valence-corrected chi connectivity index (χ2v) is 4.84. The lowest BCUT2D eigenvalue weighted by molar-refractivity contribution is 0.0891. The van der Waals surface area contributed by atoms with E-state index in [1.54, 1.807) is 30.3 Å². The van der Waals surface area contributed by atoms with E-state index in [9.17, 15) is 14.7 Å². The molecule has 0 heterocycles. The van der Waals surface area contributed by atoms with Crippen LogP contribution in [-0.4, -0.2) is 30.4 Å². The van der Waals surface area contributed by atoms with Crippen molar-refractivity contribution in [3.8, 4) is 17.2 Å². The monoisotopic (exact) mass is 314 g/mol. The van der Waals surface area contributed by atoms with Gasteiger partial charge in [0.2, 0.25) is 0 Å². The zero-order valence-electron chi connectivity index (χ0n) is 13.0. The largest absolute Gasteiger partial charge is 0.507 e. The molecule has 0 aliphatic heterocycles. The van der Waals surface area contributed by atoms with Gasteiger partial charge in [-0.1, -0.05) is 12.1 Å². The Morgan fingerprint density at radius 3 is 2.39 bits per heavy atom. The summed E-state index contributed by atoms with van der Waals surface area (Å²) in [4.78, 5) is 24.5. The smallest absolute Gasteiger partial charge is 0.174 e. The van der Waals surface area contributed by atoms with Gasteiger partial charge in [0.05, 0.1) is 31.3 Å². The van der Waals surface area contributed by atoms with E-state index in [-0.39, 0.29) is 23.5 Å². The highest BCUT2D eigenvalue weighted by molar-refractivity contribution is 6.15. The topological polar surface area (TPSA) is 72.8 Å². The number of ether oxygens (including phenoxy) is 2. The van der Waals surface area contributed by atoms with Crippen LogP contribution in [-0.2, 0) is 0 Å². The number of aromatic hydroxyl groups is 1. The molecule has 0 atom stereocenters. The highest BCUT2D eigenvalue weighted by atomic mass is 16.5. The van der Waals surface area contributed by atoms with Gasteiger partial charge in [-0.05, 0) is 31.2 Å². The van der Waals surface area contributed by atoms with Gasteiger partial charge in [-0.25, -0.2) is 0 Å². The third-order valence-electron chi connectivity index (χ3n) is 3.31. The van der Waals surface area contributed by atoms with Gasteiger partial charge in [0.1, 0.15) is 17.2 Å². The van der Waals surface area contributed by atoms with E-state index < -0.39 is 5.78 Å². The summed E-state index contributed by atoms with van der Waals surface area (Å²) in [6.07, 6.45) is -0.345. The molecule has 23 heavy (non-hydrogen) atoms. The maximum atomic E-state index is 12.3. The molecule has 5 nitrogen and oxygen atoms in total. The third-order valence-corrected chi connectivity index (χ3v) is 3.31. The summed E-state index contributed by atoms with van der Waals surface area (Å²) in [5.74, 6) is -0.130. The molecule has 0 aliphatic rings. The number of carbonyl (C=O) groups excluding carboxylic acids is 2. The van der Waals surface area contributed by atoms with Gasteiger partial charge in [-0.3, -0.25) is 9.59 Å². The minimum Gasteiger partial charge on any atom is -0.507 e. The molecule has 5 heteroatoms. The quantitative estimate of drug-likeness (QED) is 0.627. The molecule has 2 aromatic rings. The minimum atomic E-state index is -0.457. The fraction of sp³-hybridized carbons (Fsp3) is 0.222. The number of carbonyl (C=O) groups is 2. The first-order chi connectivity index (χ1) is 11.1. The predicted octanol–water partition coefficient (Wildman–Crippen LogP) is 3.26. The molecule has 0 saturated heterocycles. The Kier molecular flexibility index (Phi) is 5.36. The number of rotatable bonds is 7. The molecule has 0 aromatic heterocycles. The van der Waals surface area contributed by atoms with Crippen molar-refractivity contribution in [1.29, 1.82) is 0 Å². The molecular formula is C18H18O5. The SMILES string of the molecule is CCOc1ccc(C(=O)CC(=O)c2ccccc2OC)c(O)c1. The molecule has 120 valence electrons. The number of hydrogen-bond acceptors (Lipinski definition) is 5. The van der Waals surface area contributed by atoms with E-state index in [0.29, 0.717) is 23.7 Å². The number of hydrogen-bond donors (Lipinski definition) is 1. The molecule has 1 N–H and O–H groups in total. The van der Waals surface area contributed by atoms with Crippen LogP contribution < -0.4 is 9.47 Å². The maximum absolute atomic E-state index is 12.3. The van der Waals surface area contributed by atoms with Crippen molar-refractivity contribution in [3.05, 3.63) is 53.6 Å². The van der Waals surface area contributed by atoms with Crippen molar-refractivity contribution < 1.29 is 24.2 Å². The fourth-order valence-electron chi connectivity index (χ4n) is 2.21. The van der Waals surface area contributed by atoms with Crippen LogP contribution >= 0.6 is 0 Å². The number of phenols is 1. The molecule has 0 bridgehead atoms. The summed E-state index contributed by atoms with van der Waals surface area (Å²) in [5.41, 5.74) is 0.436. The van der Waals surface area contributed by atoms with Crippen LogP contribution in [0.25, 0.3) is 0 Å². The van der Waals surface area contributed by atoms with E-state index in [1.165, 1.54) is 19.2 Å². The Morgan fingerprint density at radius 1 is 1.04 bits per heavy atom. The van der Waals surface area contributed by atoms with E-state index in [2.05, 4.69) is 0 Å². The average Bonchev–Trinajstić information content (AvgIpc) is 2.55. The lowest BCUT2D eigenvalue weighted by Crippen LogP contribution is -2.10. The number of ketones is 2. The third kappa shape index (κ3) is 3.88. The molecule has 0 saturated carbocycles. The number of phenolic OH excluding ortho intramolecular Hbond substituents is 1. The summed E-state index contributed by atoms with van der Waals surface area (Å²) in [7, 11) is 1.46. The van der Waals surface area contributed by atoms with Gasteiger partial charge in [0.15, 0.2) is 11.6 Å². The van der Waals surface area contributed by atoms with Crippen molar-refractivity contribution in [1.82, 2.24) is 0 Å². The van der Waals surface area contributed by atoms with Gasteiger partial charge in [-0.2, -0.15) is 0 Å². The number of methoxy groups -OCH3 is 1. The molecule has 0 amide bonds. The van der Waals surface area contributed by atoms with Crippen molar-refractivity contribution in [2.45, 2.75) is 13.3 Å². The number of para-hydroxylation sites is 1. The van der Waals surface area contributed by atoms with E-state index in [0.717, 1.165) is 0 Å². The van der Waals surface area contributed by atoms with Gasteiger partial charge < -0.3 is 14.6 Å². The first-order valence-corrected chi connectivity index (χ1v) is 7.22. The van der Waals surface area contributed by atoms with Crippen molar-refractivity contribution in [3.63, 3.8) is 0 Å². The van der Waals surface area contributed by atoms with E-state index in [4.69, 9.17) is 9.47 Å². The number of benzene rings is 2. The lowest BCUT2D eigenvalue weighted by Gasteiger charge is -2.09. The lowest BCUT2D eigenvalue weighted by atomic mass is 10.00. The Morgan fingerprint density at radius 2 is 1.74 bits per heavy atom. The minimum absolute atomic E-state index is 0.0942. The van der Waals surface area contributed by atoms with Gasteiger partial charge in [-0.15, -0.1) is 0 Å². The predicted molar refractivity (Wildman–Crippen MR) is 85.5 cm³/mol. The van der Waals surface area contributed by atoms with Crippen molar-refractivity contribution in [2.75, 3.05) is 13.7 Å². The maximum Gasteiger partial charge on any atom is 0.174 e. The Bertz CT molecular complexity index is 721.